The zero-order valence-corrected chi connectivity index (χ0v) is 24.3. The lowest BCUT2D eigenvalue weighted by Gasteiger charge is -2.15. The molecule has 4 heterocycles. The summed E-state index contributed by atoms with van der Waals surface area (Å²) in [5.41, 5.74) is 3.69. The molecule has 6 nitrogen and oxygen atoms in total. The molecule has 2 aliphatic rings. The molecule has 2 saturated heterocycles. The maximum absolute atomic E-state index is 6.06. The number of pyridine rings is 1. The molecule has 0 saturated carbocycles. The molecule has 2 aliphatic heterocycles. The van der Waals surface area contributed by atoms with E-state index in [2.05, 4.69) is 63.3 Å². The SMILES string of the molecule is C.COc1ccc2c(Cc3ccc(OCCN4CCCC4)nc3)c(-c3ccc(OCCN4CCCC4)cc3)sc2c1. The minimum absolute atomic E-state index is 0. The van der Waals surface area contributed by atoms with Gasteiger partial charge >= 0.3 is 0 Å². The second kappa shape index (κ2) is 14.2. The molecule has 0 bridgehead atoms. The average molecular weight is 574 g/mol. The fraction of sp³-hybridized carbons (Fsp3) is 0.441. The molecular weight excluding hydrogens is 530 g/mol. The van der Waals surface area contributed by atoms with Crippen LogP contribution in [0.25, 0.3) is 20.5 Å². The highest BCUT2D eigenvalue weighted by Gasteiger charge is 2.17. The number of benzene rings is 2. The molecule has 0 unspecified atom stereocenters. The number of hydrogen-bond donors (Lipinski definition) is 0. The Labute approximate surface area is 248 Å². The van der Waals surface area contributed by atoms with Crippen LogP contribution in [-0.2, 0) is 6.42 Å². The van der Waals surface area contributed by atoms with Crippen LogP contribution >= 0.6 is 11.3 Å². The Morgan fingerprint density at radius 1 is 0.780 bits per heavy atom. The molecule has 0 N–H and O–H groups in total. The molecule has 41 heavy (non-hydrogen) atoms. The van der Waals surface area contributed by atoms with Crippen molar-refractivity contribution < 1.29 is 14.2 Å². The van der Waals surface area contributed by atoms with Crippen molar-refractivity contribution >= 4 is 21.4 Å². The Hall–Kier alpha value is -3.13. The standard InChI is InChI=1S/C33H39N3O3S.CH4/c1-37-28-11-12-29-30(22-25-6-13-32(34-24-25)39-21-19-36-16-4-5-17-36)33(40-31(29)23-28)26-7-9-27(10-8-26)38-20-18-35-14-2-3-15-35;/h6-13,23-24H,2-5,14-22H2,1H3;1H4. The number of aromatic nitrogens is 1. The van der Waals surface area contributed by atoms with Gasteiger partial charge in [-0.15, -0.1) is 11.3 Å². The fourth-order valence-electron chi connectivity index (χ4n) is 5.76. The van der Waals surface area contributed by atoms with Crippen LogP contribution in [0.2, 0.25) is 0 Å². The maximum atomic E-state index is 6.06. The molecule has 2 aromatic carbocycles. The third-order valence-corrected chi connectivity index (χ3v) is 9.27. The van der Waals surface area contributed by atoms with Crippen LogP contribution in [0.1, 0.15) is 44.2 Å². The van der Waals surface area contributed by atoms with Crippen molar-refractivity contribution in [2.24, 2.45) is 0 Å². The van der Waals surface area contributed by atoms with E-state index in [0.29, 0.717) is 12.5 Å². The summed E-state index contributed by atoms with van der Waals surface area (Å²) < 4.78 is 18.8. The lowest BCUT2D eigenvalue weighted by atomic mass is 9.99. The van der Waals surface area contributed by atoms with Crippen LogP contribution in [0, 0.1) is 0 Å². The molecule has 0 atom stereocenters. The number of thiophene rings is 1. The molecule has 2 aromatic heterocycles. The molecular formula is C34H43N3O3S. The molecule has 4 aromatic rings. The maximum Gasteiger partial charge on any atom is 0.213 e. The van der Waals surface area contributed by atoms with Crippen molar-refractivity contribution in [3.05, 3.63) is 71.9 Å². The highest BCUT2D eigenvalue weighted by molar-refractivity contribution is 7.22. The minimum atomic E-state index is 0. The van der Waals surface area contributed by atoms with Crippen molar-refractivity contribution in [3.63, 3.8) is 0 Å². The van der Waals surface area contributed by atoms with Gasteiger partial charge in [-0.1, -0.05) is 13.5 Å². The van der Waals surface area contributed by atoms with Crippen LogP contribution < -0.4 is 14.2 Å². The molecule has 0 radical (unpaired) electrons. The fourth-order valence-corrected chi connectivity index (χ4v) is 7.01. The first-order valence-corrected chi connectivity index (χ1v) is 15.4. The Morgan fingerprint density at radius 3 is 2.07 bits per heavy atom. The lowest BCUT2D eigenvalue weighted by molar-refractivity contribution is 0.232. The Morgan fingerprint density at radius 2 is 1.44 bits per heavy atom. The number of fused-ring (bicyclic) bond motifs is 1. The highest BCUT2D eigenvalue weighted by Crippen LogP contribution is 2.41. The first-order valence-electron chi connectivity index (χ1n) is 14.6. The van der Waals surface area contributed by atoms with Crippen LogP contribution in [-0.4, -0.2) is 74.4 Å². The van der Waals surface area contributed by atoms with Crippen LogP contribution in [0.4, 0.5) is 0 Å². The van der Waals surface area contributed by atoms with Crippen molar-refractivity contribution in [2.45, 2.75) is 39.5 Å². The van der Waals surface area contributed by atoms with Gasteiger partial charge in [0.15, 0.2) is 0 Å². The Balaban J connectivity index is 0.00000337. The molecule has 7 heteroatoms. The van der Waals surface area contributed by atoms with Crippen LogP contribution in [0.5, 0.6) is 17.4 Å². The Bertz CT molecular complexity index is 1380. The highest BCUT2D eigenvalue weighted by atomic mass is 32.1. The number of methoxy groups -OCH3 is 1. The van der Waals surface area contributed by atoms with Crippen molar-refractivity contribution in [2.75, 3.05) is 59.6 Å². The van der Waals surface area contributed by atoms with E-state index in [0.717, 1.165) is 37.6 Å². The topological polar surface area (TPSA) is 47.1 Å². The van der Waals surface area contributed by atoms with E-state index in [4.69, 9.17) is 14.2 Å². The first-order chi connectivity index (χ1) is 19.7. The normalized spacial score (nSPS) is 15.7. The second-order valence-corrected chi connectivity index (χ2v) is 11.8. The number of likely N-dealkylation sites (tertiary alicyclic amines) is 2. The predicted octanol–water partition coefficient (Wildman–Crippen LogP) is 7.15. The lowest BCUT2D eigenvalue weighted by Crippen LogP contribution is -2.25. The van der Waals surface area contributed by atoms with Gasteiger partial charge in [0, 0.05) is 41.4 Å². The van der Waals surface area contributed by atoms with E-state index in [1.54, 1.807) is 7.11 Å². The van der Waals surface area contributed by atoms with Crippen molar-refractivity contribution in [1.29, 1.82) is 0 Å². The smallest absolute Gasteiger partial charge is 0.213 e. The van der Waals surface area contributed by atoms with Gasteiger partial charge < -0.3 is 14.2 Å². The quantitative estimate of drug-likeness (QED) is 0.179. The predicted molar refractivity (Wildman–Crippen MR) is 170 cm³/mol. The van der Waals surface area contributed by atoms with Gasteiger partial charge in [-0.05, 0) is 116 Å². The van der Waals surface area contributed by atoms with E-state index >= 15 is 0 Å². The summed E-state index contributed by atoms with van der Waals surface area (Å²) >= 11 is 1.82. The first kappa shape index (κ1) is 29.4. The van der Waals surface area contributed by atoms with Crippen LogP contribution in [0.15, 0.2) is 60.8 Å². The summed E-state index contributed by atoms with van der Waals surface area (Å²) in [4.78, 5) is 10.8. The summed E-state index contributed by atoms with van der Waals surface area (Å²) in [6.45, 7) is 8.17. The van der Waals surface area contributed by atoms with E-state index in [1.807, 2.05) is 23.6 Å². The molecule has 2 fully saturated rings. The third-order valence-electron chi connectivity index (χ3n) is 8.03. The van der Waals surface area contributed by atoms with Gasteiger partial charge in [0.1, 0.15) is 24.7 Å². The van der Waals surface area contributed by atoms with E-state index < -0.39 is 0 Å². The van der Waals surface area contributed by atoms with E-state index in [9.17, 15) is 0 Å². The van der Waals surface area contributed by atoms with Gasteiger partial charge in [-0.25, -0.2) is 4.98 Å². The summed E-state index contributed by atoms with van der Waals surface area (Å²) in [5.74, 6) is 2.51. The molecule has 218 valence electrons. The van der Waals surface area contributed by atoms with Gasteiger partial charge in [0.25, 0.3) is 0 Å². The molecule has 0 spiro atoms. The monoisotopic (exact) mass is 573 g/mol. The second-order valence-electron chi connectivity index (χ2n) is 10.8. The zero-order chi connectivity index (χ0) is 27.1. The average Bonchev–Trinajstić information content (AvgIpc) is 3.77. The molecule has 6 rings (SSSR count). The number of ether oxygens (including phenoxy) is 3. The summed E-state index contributed by atoms with van der Waals surface area (Å²) in [6.07, 6.45) is 7.98. The number of hydrogen-bond acceptors (Lipinski definition) is 7. The Kier molecular flexibility index (Phi) is 10.1. The number of rotatable bonds is 12. The number of nitrogens with zero attached hydrogens (tertiary/aromatic N) is 3. The van der Waals surface area contributed by atoms with Crippen LogP contribution in [0.3, 0.4) is 0 Å². The van der Waals surface area contributed by atoms with Gasteiger partial charge in [0.05, 0.1) is 7.11 Å². The van der Waals surface area contributed by atoms with Crippen molar-refractivity contribution in [1.82, 2.24) is 14.8 Å². The van der Waals surface area contributed by atoms with Crippen molar-refractivity contribution in [3.8, 4) is 27.8 Å². The summed E-state index contributed by atoms with van der Waals surface area (Å²) in [6, 6.07) is 19.1. The largest absolute Gasteiger partial charge is 0.497 e. The third kappa shape index (κ3) is 7.39. The molecule has 0 amide bonds. The molecule has 0 aliphatic carbocycles. The van der Waals surface area contributed by atoms with Gasteiger partial charge in [0.2, 0.25) is 5.88 Å². The van der Waals surface area contributed by atoms with E-state index in [1.165, 1.54) is 83.5 Å². The summed E-state index contributed by atoms with van der Waals surface area (Å²) in [7, 11) is 1.72. The minimum Gasteiger partial charge on any atom is -0.497 e. The van der Waals surface area contributed by atoms with E-state index in [-0.39, 0.29) is 7.43 Å². The van der Waals surface area contributed by atoms with Gasteiger partial charge in [-0.3, -0.25) is 9.80 Å². The summed E-state index contributed by atoms with van der Waals surface area (Å²) in [5, 5.41) is 1.26. The zero-order valence-electron chi connectivity index (χ0n) is 23.4. The van der Waals surface area contributed by atoms with Gasteiger partial charge in [-0.2, -0.15) is 0 Å².